The van der Waals surface area contributed by atoms with Crippen LogP contribution in [0.4, 0.5) is 16.2 Å². The van der Waals surface area contributed by atoms with Gasteiger partial charge in [-0.1, -0.05) is 39.8 Å². The SMILES string of the molecule is CSCC[C@H](NC(=O)[C@H](NC(=O)N1c2ccccc2NC(=O)[C@H]1C(C)C)C(C)C)C(=O)O. The number of nitrogens with zero attached hydrogens (tertiary/aromatic N) is 1. The number of benzene rings is 1. The average Bonchev–Trinajstić information content (AvgIpc) is 2.72. The number of carboxylic acid groups (broad SMARTS) is 1. The second kappa shape index (κ2) is 11.2. The highest BCUT2D eigenvalue weighted by Gasteiger charge is 2.40. The number of aliphatic carboxylic acids is 1. The van der Waals surface area contributed by atoms with Crippen molar-refractivity contribution in [2.24, 2.45) is 11.8 Å². The number of amides is 4. The van der Waals surface area contributed by atoms with E-state index >= 15 is 0 Å². The molecular formula is C22H32N4O5S. The summed E-state index contributed by atoms with van der Waals surface area (Å²) >= 11 is 1.49. The molecule has 0 saturated carbocycles. The number of hydrogen-bond donors (Lipinski definition) is 4. The Morgan fingerprint density at radius 3 is 2.38 bits per heavy atom. The molecular weight excluding hydrogens is 432 g/mol. The number of urea groups is 1. The Balaban J connectivity index is 2.28. The second-order valence-electron chi connectivity index (χ2n) is 8.42. The fourth-order valence-electron chi connectivity index (χ4n) is 3.59. The van der Waals surface area contributed by atoms with Crippen molar-refractivity contribution in [2.75, 3.05) is 22.2 Å². The maximum atomic E-state index is 13.4. The number of hydrogen-bond acceptors (Lipinski definition) is 5. The van der Waals surface area contributed by atoms with Crippen LogP contribution in [-0.2, 0) is 14.4 Å². The number of carbonyl (C=O) groups is 4. The summed E-state index contributed by atoms with van der Waals surface area (Å²) in [7, 11) is 0. The van der Waals surface area contributed by atoms with Gasteiger partial charge in [-0.15, -0.1) is 0 Å². The molecule has 0 radical (unpaired) electrons. The summed E-state index contributed by atoms with van der Waals surface area (Å²) in [5.41, 5.74) is 1.05. The number of para-hydroxylation sites is 2. The fourth-order valence-corrected chi connectivity index (χ4v) is 4.06. The van der Waals surface area contributed by atoms with Crippen molar-refractivity contribution in [1.29, 1.82) is 0 Å². The molecule has 32 heavy (non-hydrogen) atoms. The molecule has 176 valence electrons. The molecule has 1 aliphatic heterocycles. The minimum Gasteiger partial charge on any atom is -0.480 e. The molecule has 4 amide bonds. The van der Waals surface area contributed by atoms with Crippen molar-refractivity contribution in [3.05, 3.63) is 24.3 Å². The van der Waals surface area contributed by atoms with E-state index in [0.717, 1.165) is 0 Å². The van der Waals surface area contributed by atoms with Crippen LogP contribution in [0.5, 0.6) is 0 Å². The molecule has 10 heteroatoms. The van der Waals surface area contributed by atoms with Gasteiger partial charge in [0.15, 0.2) is 0 Å². The molecule has 0 aromatic heterocycles. The predicted octanol–water partition coefficient (Wildman–Crippen LogP) is 2.53. The molecule has 0 unspecified atom stereocenters. The maximum Gasteiger partial charge on any atom is 0.326 e. The Hall–Kier alpha value is -2.75. The van der Waals surface area contributed by atoms with E-state index in [4.69, 9.17) is 0 Å². The molecule has 0 fully saturated rings. The standard InChI is InChI=1S/C22H32N4O5S/c1-12(2)17(19(27)24-15(21(29)30)10-11-32-5)25-22(31)26-16-9-7-6-8-14(16)23-20(28)18(26)13(3)4/h6-9,12-13,15,17-18H,10-11H2,1-5H3,(H,23,28)(H,24,27)(H,25,31)(H,29,30)/t15-,17+,18+/m0/s1. The fraction of sp³-hybridized carbons (Fsp3) is 0.545. The third kappa shape index (κ3) is 5.93. The van der Waals surface area contributed by atoms with E-state index in [9.17, 15) is 24.3 Å². The van der Waals surface area contributed by atoms with Crippen LogP contribution < -0.4 is 20.9 Å². The smallest absolute Gasteiger partial charge is 0.326 e. The van der Waals surface area contributed by atoms with Crippen LogP contribution in [-0.4, -0.2) is 59.1 Å². The molecule has 3 atom stereocenters. The molecule has 0 bridgehead atoms. The topological polar surface area (TPSA) is 128 Å². The zero-order chi connectivity index (χ0) is 24.0. The monoisotopic (exact) mass is 464 g/mol. The van der Waals surface area contributed by atoms with Gasteiger partial charge in [-0.2, -0.15) is 11.8 Å². The van der Waals surface area contributed by atoms with E-state index < -0.39 is 36.0 Å². The number of nitrogens with one attached hydrogen (secondary N) is 3. The van der Waals surface area contributed by atoms with Crippen molar-refractivity contribution in [3.63, 3.8) is 0 Å². The molecule has 1 aromatic carbocycles. The van der Waals surface area contributed by atoms with Crippen molar-refractivity contribution >= 4 is 47.0 Å². The van der Waals surface area contributed by atoms with Crippen LogP contribution in [0.3, 0.4) is 0 Å². The van der Waals surface area contributed by atoms with E-state index in [2.05, 4.69) is 16.0 Å². The molecule has 0 aliphatic carbocycles. The predicted molar refractivity (Wildman–Crippen MR) is 126 cm³/mol. The highest BCUT2D eigenvalue weighted by atomic mass is 32.2. The van der Waals surface area contributed by atoms with Crippen molar-refractivity contribution in [2.45, 2.75) is 52.2 Å². The quantitative estimate of drug-likeness (QED) is 0.445. The molecule has 1 aromatic rings. The van der Waals surface area contributed by atoms with Crippen LogP contribution in [0, 0.1) is 11.8 Å². The van der Waals surface area contributed by atoms with E-state index in [-0.39, 0.29) is 24.2 Å². The van der Waals surface area contributed by atoms with Crippen LogP contribution in [0.15, 0.2) is 24.3 Å². The summed E-state index contributed by atoms with van der Waals surface area (Å²) in [6, 6.07) is 3.61. The third-order valence-electron chi connectivity index (χ3n) is 5.27. The van der Waals surface area contributed by atoms with E-state index in [1.54, 1.807) is 38.1 Å². The van der Waals surface area contributed by atoms with Crippen LogP contribution in [0.25, 0.3) is 0 Å². The van der Waals surface area contributed by atoms with Gasteiger partial charge in [0.25, 0.3) is 0 Å². The lowest BCUT2D eigenvalue weighted by Gasteiger charge is -2.39. The van der Waals surface area contributed by atoms with Crippen molar-refractivity contribution in [1.82, 2.24) is 10.6 Å². The van der Waals surface area contributed by atoms with E-state index in [0.29, 0.717) is 17.1 Å². The Bertz CT molecular complexity index is 860. The van der Waals surface area contributed by atoms with E-state index in [1.165, 1.54) is 16.7 Å². The van der Waals surface area contributed by atoms with Crippen molar-refractivity contribution in [3.8, 4) is 0 Å². The number of carboxylic acids is 1. The minimum atomic E-state index is -1.12. The lowest BCUT2D eigenvalue weighted by Crippen LogP contribution is -2.61. The third-order valence-corrected chi connectivity index (χ3v) is 5.92. The first-order valence-electron chi connectivity index (χ1n) is 10.6. The lowest BCUT2D eigenvalue weighted by atomic mass is 9.97. The highest BCUT2D eigenvalue weighted by Crippen LogP contribution is 2.34. The van der Waals surface area contributed by atoms with Gasteiger partial charge in [0.05, 0.1) is 11.4 Å². The first-order chi connectivity index (χ1) is 15.1. The van der Waals surface area contributed by atoms with E-state index in [1.807, 2.05) is 20.1 Å². The van der Waals surface area contributed by atoms with Gasteiger partial charge in [0.1, 0.15) is 18.1 Å². The highest BCUT2D eigenvalue weighted by molar-refractivity contribution is 7.98. The first kappa shape index (κ1) is 25.5. The number of thioether (sulfide) groups is 1. The summed E-state index contributed by atoms with van der Waals surface area (Å²) in [6.07, 6.45) is 2.13. The molecule has 9 nitrogen and oxygen atoms in total. The Morgan fingerprint density at radius 1 is 1.16 bits per heavy atom. The van der Waals surface area contributed by atoms with Crippen LogP contribution in [0.1, 0.15) is 34.1 Å². The van der Waals surface area contributed by atoms with Crippen molar-refractivity contribution < 1.29 is 24.3 Å². The van der Waals surface area contributed by atoms with Gasteiger partial charge < -0.3 is 21.1 Å². The van der Waals surface area contributed by atoms with Gasteiger partial charge in [-0.3, -0.25) is 14.5 Å². The summed E-state index contributed by atoms with van der Waals surface area (Å²) in [6.45, 7) is 7.21. The van der Waals surface area contributed by atoms with Crippen LogP contribution >= 0.6 is 11.8 Å². The number of rotatable bonds is 9. The number of fused-ring (bicyclic) bond motifs is 1. The zero-order valence-electron chi connectivity index (χ0n) is 19.0. The lowest BCUT2D eigenvalue weighted by molar-refractivity contribution is -0.142. The second-order valence-corrected chi connectivity index (χ2v) is 9.40. The number of carbonyl (C=O) groups excluding carboxylic acids is 3. The maximum absolute atomic E-state index is 13.4. The summed E-state index contributed by atoms with van der Waals surface area (Å²) in [4.78, 5) is 51.9. The molecule has 0 spiro atoms. The summed E-state index contributed by atoms with van der Waals surface area (Å²) in [5, 5.41) is 17.5. The zero-order valence-corrected chi connectivity index (χ0v) is 19.9. The summed E-state index contributed by atoms with van der Waals surface area (Å²) < 4.78 is 0. The molecule has 1 heterocycles. The molecule has 2 rings (SSSR count). The van der Waals surface area contributed by atoms with Gasteiger partial charge in [-0.25, -0.2) is 9.59 Å². The van der Waals surface area contributed by atoms with Gasteiger partial charge in [-0.05, 0) is 42.4 Å². The number of anilines is 2. The molecule has 0 saturated heterocycles. The average molecular weight is 465 g/mol. The normalized spacial score (nSPS) is 17.4. The summed E-state index contributed by atoms with van der Waals surface area (Å²) in [5.74, 6) is -1.90. The molecule has 4 N–H and O–H groups in total. The van der Waals surface area contributed by atoms with Gasteiger partial charge in [0.2, 0.25) is 11.8 Å². The minimum absolute atomic E-state index is 0.177. The Labute approximate surface area is 192 Å². The first-order valence-corrected chi connectivity index (χ1v) is 12.0. The largest absolute Gasteiger partial charge is 0.480 e. The van der Waals surface area contributed by atoms with Gasteiger partial charge in [0, 0.05) is 0 Å². The Kier molecular flexibility index (Phi) is 8.94. The Morgan fingerprint density at radius 2 is 1.81 bits per heavy atom. The molecule has 1 aliphatic rings. The van der Waals surface area contributed by atoms with Crippen LogP contribution in [0.2, 0.25) is 0 Å². The van der Waals surface area contributed by atoms with Gasteiger partial charge >= 0.3 is 12.0 Å².